The molecule has 0 atom stereocenters. The van der Waals surface area contributed by atoms with Gasteiger partial charge in [-0.05, 0) is 42.0 Å². The zero-order valence-corrected chi connectivity index (χ0v) is 23.8. The summed E-state index contributed by atoms with van der Waals surface area (Å²) in [6.45, 7) is 0. The van der Waals surface area contributed by atoms with Crippen molar-refractivity contribution < 1.29 is 27.8 Å². The Bertz CT molecular complexity index is 2100. The number of halogens is 2. The number of carbonyl (C=O) groups excluding carboxylic acids is 1. The van der Waals surface area contributed by atoms with E-state index < -0.39 is 23.0 Å². The van der Waals surface area contributed by atoms with Crippen molar-refractivity contribution in [1.29, 1.82) is 0 Å². The molecule has 0 radical (unpaired) electrons. The maximum atomic E-state index is 15.3. The van der Waals surface area contributed by atoms with Gasteiger partial charge in [0.15, 0.2) is 23.1 Å². The van der Waals surface area contributed by atoms with Crippen molar-refractivity contribution in [2.24, 2.45) is 0 Å². The molecule has 10 nitrogen and oxygen atoms in total. The second-order valence-electron chi connectivity index (χ2n) is 9.62. The van der Waals surface area contributed by atoms with Crippen LogP contribution in [0.25, 0.3) is 27.8 Å². The first-order valence-electron chi connectivity index (χ1n) is 13.4. The van der Waals surface area contributed by atoms with Gasteiger partial charge < -0.3 is 24.1 Å². The second kappa shape index (κ2) is 12.2. The van der Waals surface area contributed by atoms with E-state index in [2.05, 4.69) is 20.3 Å². The Morgan fingerprint density at radius 1 is 0.889 bits per heavy atom. The first-order valence-corrected chi connectivity index (χ1v) is 13.4. The summed E-state index contributed by atoms with van der Waals surface area (Å²) in [5.41, 5.74) is 1.17. The van der Waals surface area contributed by atoms with Crippen molar-refractivity contribution in [2.45, 2.75) is 0 Å². The van der Waals surface area contributed by atoms with Gasteiger partial charge in [0.1, 0.15) is 16.9 Å². The Labute approximate surface area is 254 Å². The van der Waals surface area contributed by atoms with E-state index in [4.69, 9.17) is 14.2 Å². The van der Waals surface area contributed by atoms with Gasteiger partial charge in [-0.15, -0.1) is 0 Å². The Hall–Kier alpha value is -6.17. The molecule has 45 heavy (non-hydrogen) atoms. The van der Waals surface area contributed by atoms with Gasteiger partial charge in [0, 0.05) is 54.2 Å². The normalized spacial score (nSPS) is 10.8. The molecule has 1 N–H and O–H groups in total. The van der Waals surface area contributed by atoms with Crippen LogP contribution in [0.2, 0.25) is 0 Å². The number of ether oxygens (including phenoxy) is 3. The number of benzene rings is 2. The van der Waals surface area contributed by atoms with Gasteiger partial charge in [-0.25, -0.2) is 13.8 Å². The quantitative estimate of drug-likeness (QED) is 0.218. The highest BCUT2D eigenvalue weighted by Crippen LogP contribution is 2.35. The van der Waals surface area contributed by atoms with Gasteiger partial charge in [-0.3, -0.25) is 19.6 Å². The lowest BCUT2D eigenvalue weighted by atomic mass is 10.0. The predicted molar refractivity (Wildman–Crippen MR) is 162 cm³/mol. The fourth-order valence-corrected chi connectivity index (χ4v) is 4.60. The Morgan fingerprint density at radius 3 is 2.42 bits per heavy atom. The molecule has 0 saturated heterocycles. The summed E-state index contributed by atoms with van der Waals surface area (Å²) in [5.74, 6) is -1.39. The van der Waals surface area contributed by atoms with Crippen molar-refractivity contribution in [3.63, 3.8) is 0 Å². The molecule has 0 aliphatic rings. The van der Waals surface area contributed by atoms with E-state index in [1.165, 1.54) is 69.1 Å². The number of hydrogen-bond donors (Lipinski definition) is 1. The highest BCUT2D eigenvalue weighted by molar-refractivity contribution is 6.04. The average Bonchev–Trinajstić information content (AvgIpc) is 3.06. The van der Waals surface area contributed by atoms with E-state index in [1.54, 1.807) is 41.4 Å². The number of nitrogens with zero attached hydrogens (tertiary/aromatic N) is 4. The van der Waals surface area contributed by atoms with Crippen LogP contribution in [0.1, 0.15) is 10.4 Å². The smallest absolute Gasteiger partial charge is 0.261 e. The molecule has 224 valence electrons. The lowest BCUT2D eigenvalue weighted by Crippen LogP contribution is -2.24. The molecule has 0 bridgehead atoms. The van der Waals surface area contributed by atoms with Crippen LogP contribution < -0.4 is 25.0 Å². The first-order chi connectivity index (χ1) is 21.8. The van der Waals surface area contributed by atoms with Gasteiger partial charge in [-0.2, -0.15) is 0 Å². The van der Waals surface area contributed by atoms with E-state index in [9.17, 15) is 14.0 Å². The molecule has 4 aromatic heterocycles. The fourth-order valence-electron chi connectivity index (χ4n) is 4.60. The molecule has 2 aromatic carbocycles. The minimum atomic E-state index is -0.786. The Kier molecular flexibility index (Phi) is 7.85. The number of methoxy groups -OCH3 is 2. The highest BCUT2D eigenvalue weighted by atomic mass is 19.1. The number of hydrogen-bond acceptors (Lipinski definition) is 8. The lowest BCUT2D eigenvalue weighted by molar-refractivity contribution is 0.102. The molecular formula is C33H23F2N5O5. The minimum absolute atomic E-state index is 0.0773. The van der Waals surface area contributed by atoms with Gasteiger partial charge in [0.05, 0.1) is 31.6 Å². The SMILES string of the molecule is COc1cc2nccc(Oc3ccc(NC(=O)c4cn(-c5cccnc5)cc(-c5ccc(F)cc5)c4=O)cc3F)c2nc1OC. The van der Waals surface area contributed by atoms with E-state index in [1.807, 2.05) is 0 Å². The third-order valence-corrected chi connectivity index (χ3v) is 6.80. The van der Waals surface area contributed by atoms with E-state index in [-0.39, 0.29) is 34.2 Å². The molecule has 0 aliphatic heterocycles. The largest absolute Gasteiger partial charge is 0.491 e. The summed E-state index contributed by atoms with van der Waals surface area (Å²) in [4.78, 5) is 39.6. The van der Waals surface area contributed by atoms with Crippen LogP contribution in [0.3, 0.4) is 0 Å². The molecule has 0 saturated carbocycles. The summed E-state index contributed by atoms with van der Waals surface area (Å²) in [6, 6.07) is 15.8. The molecule has 0 aliphatic carbocycles. The van der Waals surface area contributed by atoms with E-state index >= 15 is 4.39 Å². The van der Waals surface area contributed by atoms with Gasteiger partial charge in [-0.1, -0.05) is 12.1 Å². The number of aromatic nitrogens is 4. The van der Waals surface area contributed by atoms with Crippen LogP contribution in [-0.2, 0) is 0 Å². The van der Waals surface area contributed by atoms with Gasteiger partial charge in [0.25, 0.3) is 11.8 Å². The summed E-state index contributed by atoms with van der Waals surface area (Å²) in [7, 11) is 2.91. The lowest BCUT2D eigenvalue weighted by Gasteiger charge is -2.14. The van der Waals surface area contributed by atoms with Crippen molar-refractivity contribution >= 4 is 22.6 Å². The summed E-state index contributed by atoms with van der Waals surface area (Å²) in [5, 5.41) is 2.58. The predicted octanol–water partition coefficient (Wildman–Crippen LogP) is 6.18. The van der Waals surface area contributed by atoms with Crippen LogP contribution in [0.15, 0.2) is 103 Å². The van der Waals surface area contributed by atoms with E-state index in [0.29, 0.717) is 28.0 Å². The number of anilines is 1. The first kappa shape index (κ1) is 28.9. The standard InChI is InChI=1S/C33H23F2N5O5/c1-43-29-15-26-30(39-33(29)44-2)28(11-13-37-26)45-27-10-9-21(14-25(27)35)38-32(42)24-18-40(22-4-3-12-36-16-22)17-23(31(24)41)19-5-7-20(34)8-6-19/h3-18H,1-2H3,(H,38,42). The molecule has 0 unspecified atom stereocenters. The van der Waals surface area contributed by atoms with Crippen molar-refractivity contribution in [1.82, 2.24) is 19.5 Å². The molecular weight excluding hydrogens is 584 g/mol. The monoisotopic (exact) mass is 607 g/mol. The van der Waals surface area contributed by atoms with Gasteiger partial charge in [0.2, 0.25) is 5.43 Å². The molecule has 12 heteroatoms. The van der Waals surface area contributed by atoms with Crippen LogP contribution >= 0.6 is 0 Å². The summed E-state index contributed by atoms with van der Waals surface area (Å²) >= 11 is 0. The van der Waals surface area contributed by atoms with Gasteiger partial charge >= 0.3 is 0 Å². The van der Waals surface area contributed by atoms with Crippen molar-refractivity contribution in [2.75, 3.05) is 19.5 Å². The highest BCUT2D eigenvalue weighted by Gasteiger charge is 2.19. The minimum Gasteiger partial charge on any atom is -0.491 e. The average molecular weight is 608 g/mol. The third-order valence-electron chi connectivity index (χ3n) is 6.80. The maximum absolute atomic E-state index is 15.3. The molecule has 4 heterocycles. The zero-order chi connectivity index (χ0) is 31.5. The Morgan fingerprint density at radius 2 is 1.71 bits per heavy atom. The summed E-state index contributed by atoms with van der Waals surface area (Å²) < 4.78 is 46.8. The molecule has 6 aromatic rings. The molecule has 1 amide bonds. The number of pyridine rings is 4. The number of rotatable bonds is 8. The van der Waals surface area contributed by atoms with Crippen LogP contribution in [0.4, 0.5) is 14.5 Å². The number of nitrogens with one attached hydrogen (secondary N) is 1. The molecule has 6 rings (SSSR count). The third kappa shape index (κ3) is 5.89. The zero-order valence-electron chi connectivity index (χ0n) is 23.8. The van der Waals surface area contributed by atoms with Crippen molar-refractivity contribution in [3.05, 3.63) is 125 Å². The molecule has 0 spiro atoms. The second-order valence-corrected chi connectivity index (χ2v) is 9.62. The summed E-state index contributed by atoms with van der Waals surface area (Å²) in [6.07, 6.45) is 7.53. The van der Waals surface area contributed by atoms with Crippen LogP contribution in [-0.4, -0.2) is 39.6 Å². The fraction of sp³-hybridized carbons (Fsp3) is 0.0606. The molecule has 0 fully saturated rings. The van der Waals surface area contributed by atoms with Crippen LogP contribution in [0, 0.1) is 11.6 Å². The number of carbonyl (C=O) groups is 1. The van der Waals surface area contributed by atoms with Crippen molar-refractivity contribution in [3.8, 4) is 39.9 Å². The Balaban J connectivity index is 1.31. The number of amides is 1. The topological polar surface area (TPSA) is 117 Å². The van der Waals surface area contributed by atoms with E-state index in [0.717, 1.165) is 6.07 Å². The van der Waals surface area contributed by atoms with Crippen LogP contribution in [0.5, 0.6) is 23.1 Å². The maximum Gasteiger partial charge on any atom is 0.261 e. The number of fused-ring (bicyclic) bond motifs is 1.